The first-order valence-electron chi connectivity index (χ1n) is 7.41. The highest BCUT2D eigenvalue weighted by molar-refractivity contribution is 5.95. The average Bonchev–Trinajstić information content (AvgIpc) is 2.61. The van der Waals surface area contributed by atoms with E-state index in [-0.39, 0.29) is 5.91 Å². The SMILES string of the molecule is COc1ccc(OC)c(NC(=O)[C@@H](C)Oc2ccccc2OC)c1. The molecular formula is C18H21NO5. The van der Waals surface area contributed by atoms with Crippen LogP contribution in [0.1, 0.15) is 6.92 Å². The van der Waals surface area contributed by atoms with Gasteiger partial charge < -0.3 is 24.3 Å². The van der Waals surface area contributed by atoms with Crippen LogP contribution in [-0.4, -0.2) is 33.3 Å². The topological polar surface area (TPSA) is 66.0 Å². The van der Waals surface area contributed by atoms with E-state index in [1.54, 1.807) is 51.5 Å². The minimum Gasteiger partial charge on any atom is -0.497 e. The Hall–Kier alpha value is -2.89. The number of amides is 1. The molecule has 128 valence electrons. The molecule has 0 aliphatic heterocycles. The zero-order valence-electron chi connectivity index (χ0n) is 14.2. The number of anilines is 1. The number of hydrogen-bond acceptors (Lipinski definition) is 5. The molecule has 6 nitrogen and oxygen atoms in total. The molecule has 1 atom stereocenters. The second kappa shape index (κ2) is 8.10. The molecule has 0 aliphatic carbocycles. The highest BCUT2D eigenvalue weighted by Crippen LogP contribution is 2.30. The first kappa shape index (κ1) is 17.5. The fraction of sp³-hybridized carbons (Fsp3) is 0.278. The van der Waals surface area contributed by atoms with Gasteiger partial charge in [0.25, 0.3) is 5.91 Å². The molecule has 0 unspecified atom stereocenters. The Morgan fingerprint density at radius 2 is 1.58 bits per heavy atom. The summed E-state index contributed by atoms with van der Waals surface area (Å²) in [4.78, 5) is 12.4. The van der Waals surface area contributed by atoms with Crippen LogP contribution in [0.15, 0.2) is 42.5 Å². The van der Waals surface area contributed by atoms with Crippen LogP contribution < -0.4 is 24.3 Å². The molecule has 0 radical (unpaired) electrons. The number of ether oxygens (including phenoxy) is 4. The van der Waals surface area contributed by atoms with Crippen molar-refractivity contribution < 1.29 is 23.7 Å². The molecule has 0 aliphatic rings. The third kappa shape index (κ3) is 4.10. The molecule has 6 heteroatoms. The number of carbonyl (C=O) groups excluding carboxylic acids is 1. The highest BCUT2D eigenvalue weighted by Gasteiger charge is 2.18. The van der Waals surface area contributed by atoms with Crippen molar-refractivity contribution in [2.45, 2.75) is 13.0 Å². The van der Waals surface area contributed by atoms with Crippen molar-refractivity contribution in [2.75, 3.05) is 26.6 Å². The lowest BCUT2D eigenvalue weighted by atomic mass is 10.2. The number of rotatable bonds is 7. The molecular weight excluding hydrogens is 310 g/mol. The minimum absolute atomic E-state index is 0.313. The van der Waals surface area contributed by atoms with Crippen molar-refractivity contribution in [1.82, 2.24) is 0 Å². The quantitative estimate of drug-likeness (QED) is 0.844. The number of benzene rings is 2. The van der Waals surface area contributed by atoms with Gasteiger partial charge in [0.15, 0.2) is 17.6 Å². The van der Waals surface area contributed by atoms with Crippen LogP contribution in [0.25, 0.3) is 0 Å². The Kier molecular flexibility index (Phi) is 5.89. The Bertz CT molecular complexity index is 702. The monoisotopic (exact) mass is 331 g/mol. The summed E-state index contributed by atoms with van der Waals surface area (Å²) in [5.74, 6) is 1.90. The molecule has 0 spiro atoms. The molecule has 0 fully saturated rings. The number of para-hydroxylation sites is 2. The van der Waals surface area contributed by atoms with Crippen LogP contribution in [0, 0.1) is 0 Å². The molecule has 0 saturated heterocycles. The fourth-order valence-electron chi connectivity index (χ4n) is 2.11. The summed E-state index contributed by atoms with van der Waals surface area (Å²) in [5.41, 5.74) is 0.511. The van der Waals surface area contributed by atoms with E-state index < -0.39 is 6.10 Å². The number of methoxy groups -OCH3 is 3. The molecule has 24 heavy (non-hydrogen) atoms. The van der Waals surface area contributed by atoms with Crippen LogP contribution in [0.5, 0.6) is 23.0 Å². The zero-order valence-corrected chi connectivity index (χ0v) is 14.2. The largest absolute Gasteiger partial charge is 0.497 e. The Morgan fingerprint density at radius 1 is 0.917 bits per heavy atom. The van der Waals surface area contributed by atoms with Gasteiger partial charge in [-0.15, -0.1) is 0 Å². The maximum atomic E-state index is 12.4. The van der Waals surface area contributed by atoms with E-state index in [1.165, 1.54) is 7.11 Å². The van der Waals surface area contributed by atoms with Crippen molar-refractivity contribution >= 4 is 11.6 Å². The van der Waals surface area contributed by atoms with Crippen molar-refractivity contribution in [3.05, 3.63) is 42.5 Å². The summed E-state index contributed by atoms with van der Waals surface area (Å²) in [5, 5.41) is 2.78. The Morgan fingerprint density at radius 3 is 2.21 bits per heavy atom. The standard InChI is InChI=1S/C18H21NO5/c1-12(24-17-8-6-5-7-16(17)23-4)18(20)19-14-11-13(21-2)9-10-15(14)22-3/h5-12H,1-4H3,(H,19,20)/t12-/m1/s1. The van der Waals surface area contributed by atoms with Crippen LogP contribution in [-0.2, 0) is 4.79 Å². The van der Waals surface area contributed by atoms with Gasteiger partial charge in [0.05, 0.1) is 27.0 Å². The van der Waals surface area contributed by atoms with Gasteiger partial charge >= 0.3 is 0 Å². The van der Waals surface area contributed by atoms with E-state index in [1.807, 2.05) is 12.1 Å². The van der Waals surface area contributed by atoms with Crippen molar-refractivity contribution in [1.29, 1.82) is 0 Å². The Labute approximate surface area is 141 Å². The molecule has 2 aromatic carbocycles. The third-order valence-corrected chi connectivity index (χ3v) is 3.41. The molecule has 0 heterocycles. The van der Waals surface area contributed by atoms with Gasteiger partial charge in [-0.3, -0.25) is 4.79 Å². The van der Waals surface area contributed by atoms with Crippen molar-refractivity contribution in [3.8, 4) is 23.0 Å². The van der Waals surface area contributed by atoms with E-state index >= 15 is 0 Å². The van der Waals surface area contributed by atoms with Gasteiger partial charge in [0, 0.05) is 6.07 Å². The summed E-state index contributed by atoms with van der Waals surface area (Å²) < 4.78 is 21.3. The molecule has 1 N–H and O–H groups in total. The van der Waals surface area contributed by atoms with Gasteiger partial charge in [-0.25, -0.2) is 0 Å². The van der Waals surface area contributed by atoms with Gasteiger partial charge in [-0.05, 0) is 31.2 Å². The van der Waals surface area contributed by atoms with Gasteiger partial charge in [-0.2, -0.15) is 0 Å². The normalized spacial score (nSPS) is 11.3. The molecule has 0 saturated carbocycles. The maximum Gasteiger partial charge on any atom is 0.265 e. The van der Waals surface area contributed by atoms with Crippen molar-refractivity contribution in [2.24, 2.45) is 0 Å². The molecule has 0 bridgehead atoms. The van der Waals surface area contributed by atoms with E-state index in [0.29, 0.717) is 28.7 Å². The van der Waals surface area contributed by atoms with Gasteiger partial charge in [0.1, 0.15) is 11.5 Å². The van der Waals surface area contributed by atoms with E-state index in [9.17, 15) is 4.79 Å². The first-order chi connectivity index (χ1) is 11.6. The minimum atomic E-state index is -0.725. The van der Waals surface area contributed by atoms with E-state index in [4.69, 9.17) is 18.9 Å². The summed E-state index contributed by atoms with van der Waals surface area (Å²) in [6.45, 7) is 1.66. The highest BCUT2D eigenvalue weighted by atomic mass is 16.5. The van der Waals surface area contributed by atoms with Crippen LogP contribution in [0.3, 0.4) is 0 Å². The first-order valence-corrected chi connectivity index (χ1v) is 7.41. The third-order valence-electron chi connectivity index (χ3n) is 3.41. The predicted molar refractivity (Wildman–Crippen MR) is 91.3 cm³/mol. The summed E-state index contributed by atoms with van der Waals surface area (Å²) in [7, 11) is 4.64. The lowest BCUT2D eigenvalue weighted by Gasteiger charge is -2.18. The molecule has 1 amide bonds. The average molecular weight is 331 g/mol. The molecule has 0 aromatic heterocycles. The second-order valence-electron chi connectivity index (χ2n) is 4.97. The second-order valence-corrected chi connectivity index (χ2v) is 4.97. The predicted octanol–water partition coefficient (Wildman–Crippen LogP) is 3.12. The maximum absolute atomic E-state index is 12.4. The van der Waals surface area contributed by atoms with Crippen LogP contribution >= 0.6 is 0 Å². The number of nitrogens with one attached hydrogen (secondary N) is 1. The smallest absolute Gasteiger partial charge is 0.265 e. The van der Waals surface area contributed by atoms with E-state index in [0.717, 1.165) is 0 Å². The van der Waals surface area contributed by atoms with Gasteiger partial charge in [0.2, 0.25) is 0 Å². The van der Waals surface area contributed by atoms with Crippen LogP contribution in [0.4, 0.5) is 5.69 Å². The van der Waals surface area contributed by atoms with E-state index in [2.05, 4.69) is 5.32 Å². The summed E-state index contributed by atoms with van der Waals surface area (Å²) >= 11 is 0. The fourth-order valence-corrected chi connectivity index (χ4v) is 2.11. The summed E-state index contributed by atoms with van der Waals surface area (Å²) in [6, 6.07) is 12.3. The lowest BCUT2D eigenvalue weighted by molar-refractivity contribution is -0.122. The van der Waals surface area contributed by atoms with Crippen molar-refractivity contribution in [3.63, 3.8) is 0 Å². The number of hydrogen-bond donors (Lipinski definition) is 1. The van der Waals surface area contributed by atoms with Crippen LogP contribution in [0.2, 0.25) is 0 Å². The van der Waals surface area contributed by atoms with Gasteiger partial charge in [-0.1, -0.05) is 12.1 Å². The number of carbonyl (C=O) groups is 1. The summed E-state index contributed by atoms with van der Waals surface area (Å²) in [6.07, 6.45) is -0.725. The zero-order chi connectivity index (χ0) is 17.5. The molecule has 2 rings (SSSR count). The lowest BCUT2D eigenvalue weighted by Crippen LogP contribution is -2.30. The Balaban J connectivity index is 2.11. The molecule has 2 aromatic rings.